The number of hydrogen-bond donors (Lipinski definition) is 2. The molecule has 0 heterocycles. The molecule has 2 N–H and O–H groups in total. The van der Waals surface area contributed by atoms with Crippen molar-refractivity contribution in [2.75, 3.05) is 25.6 Å². The maximum absolute atomic E-state index is 12.3. The molecular formula is C18H20Cl2N2O3. The van der Waals surface area contributed by atoms with E-state index in [0.717, 1.165) is 5.56 Å². The fraction of sp³-hybridized carbons (Fsp3) is 0.278. The lowest BCUT2D eigenvalue weighted by Gasteiger charge is -2.17. The molecule has 2 aromatic carbocycles. The van der Waals surface area contributed by atoms with E-state index in [1.807, 2.05) is 19.1 Å². The van der Waals surface area contributed by atoms with Gasteiger partial charge >= 0.3 is 6.03 Å². The molecule has 7 heteroatoms. The zero-order valence-corrected chi connectivity index (χ0v) is 15.5. The lowest BCUT2D eigenvalue weighted by molar-refractivity contribution is 0.146. The van der Waals surface area contributed by atoms with E-state index in [-0.39, 0.29) is 12.1 Å². The summed E-state index contributed by atoms with van der Waals surface area (Å²) in [5, 5.41) is 6.69. The molecule has 0 aliphatic heterocycles. The molecule has 0 saturated carbocycles. The first-order valence-electron chi connectivity index (χ1n) is 7.74. The summed E-state index contributed by atoms with van der Waals surface area (Å²) in [7, 11) is 1.58. The lowest BCUT2D eigenvalue weighted by Crippen LogP contribution is -2.31. The zero-order valence-electron chi connectivity index (χ0n) is 14.0. The summed E-state index contributed by atoms with van der Waals surface area (Å²) in [6, 6.07) is 11.9. The van der Waals surface area contributed by atoms with Crippen molar-refractivity contribution >= 4 is 34.9 Å². The molecule has 5 nitrogen and oxygen atoms in total. The van der Waals surface area contributed by atoms with Crippen LogP contribution in [-0.2, 0) is 4.74 Å². The van der Waals surface area contributed by atoms with Crippen LogP contribution in [0.5, 0.6) is 5.75 Å². The number of urea groups is 1. The molecule has 0 aromatic heterocycles. The molecule has 0 bridgehead atoms. The van der Waals surface area contributed by atoms with E-state index >= 15 is 0 Å². The smallest absolute Gasteiger partial charge is 0.319 e. The van der Waals surface area contributed by atoms with Crippen LogP contribution in [0.25, 0.3) is 0 Å². The third-order valence-electron chi connectivity index (χ3n) is 3.47. The number of amides is 2. The molecule has 25 heavy (non-hydrogen) atoms. The third kappa shape index (κ3) is 5.81. The van der Waals surface area contributed by atoms with Crippen molar-refractivity contribution in [3.05, 3.63) is 58.1 Å². The highest BCUT2D eigenvalue weighted by Gasteiger charge is 2.14. The van der Waals surface area contributed by atoms with Crippen LogP contribution in [0.3, 0.4) is 0 Å². The van der Waals surface area contributed by atoms with Crippen molar-refractivity contribution in [3.8, 4) is 5.75 Å². The maximum Gasteiger partial charge on any atom is 0.319 e. The first-order valence-corrected chi connectivity index (χ1v) is 8.50. The topological polar surface area (TPSA) is 59.6 Å². The Balaban J connectivity index is 2.02. The van der Waals surface area contributed by atoms with Gasteiger partial charge in [-0.3, -0.25) is 0 Å². The Kier molecular flexibility index (Phi) is 7.37. The summed E-state index contributed by atoms with van der Waals surface area (Å²) >= 11 is 12.0. The first-order chi connectivity index (χ1) is 12.0. The van der Waals surface area contributed by atoms with Gasteiger partial charge in [0.1, 0.15) is 6.61 Å². The SMILES string of the molecule is COCCOc1c(Cl)cccc1NC(=O)NC(C)c1ccc(Cl)cc1. The molecule has 1 atom stereocenters. The van der Waals surface area contributed by atoms with Crippen LogP contribution in [0.4, 0.5) is 10.5 Å². The van der Waals surface area contributed by atoms with Gasteiger partial charge in [-0.15, -0.1) is 0 Å². The van der Waals surface area contributed by atoms with Gasteiger partial charge < -0.3 is 20.1 Å². The average Bonchev–Trinajstić information content (AvgIpc) is 2.58. The average molecular weight is 383 g/mol. The van der Waals surface area contributed by atoms with Crippen LogP contribution in [0.1, 0.15) is 18.5 Å². The molecule has 0 aliphatic carbocycles. The Morgan fingerprint density at radius 1 is 1.12 bits per heavy atom. The number of rotatable bonds is 7. The van der Waals surface area contributed by atoms with E-state index in [0.29, 0.717) is 34.7 Å². The minimum Gasteiger partial charge on any atom is -0.487 e. The molecule has 0 radical (unpaired) electrons. The monoisotopic (exact) mass is 382 g/mol. The second kappa shape index (κ2) is 9.51. The predicted octanol–water partition coefficient (Wildman–Crippen LogP) is 4.90. The standard InChI is InChI=1S/C18H20Cl2N2O3/c1-12(13-6-8-14(19)9-7-13)21-18(23)22-16-5-3-4-15(20)17(16)25-11-10-24-2/h3-9,12H,10-11H2,1-2H3,(H2,21,22,23). The molecule has 0 spiro atoms. The zero-order chi connectivity index (χ0) is 18.2. The second-order valence-corrected chi connectivity index (χ2v) is 6.17. The van der Waals surface area contributed by atoms with Gasteiger partial charge in [0.2, 0.25) is 0 Å². The summed E-state index contributed by atoms with van der Waals surface area (Å²) in [4.78, 5) is 12.3. The van der Waals surface area contributed by atoms with E-state index < -0.39 is 0 Å². The highest BCUT2D eigenvalue weighted by Crippen LogP contribution is 2.33. The highest BCUT2D eigenvalue weighted by molar-refractivity contribution is 6.32. The van der Waals surface area contributed by atoms with Gasteiger partial charge in [-0.05, 0) is 36.8 Å². The summed E-state index contributed by atoms with van der Waals surface area (Å²) in [5.41, 5.74) is 1.44. The molecule has 1 unspecified atom stereocenters. The minimum absolute atomic E-state index is 0.186. The summed E-state index contributed by atoms with van der Waals surface area (Å²) in [6.07, 6.45) is 0. The van der Waals surface area contributed by atoms with Gasteiger partial charge in [0.15, 0.2) is 5.75 Å². The number of ether oxygens (including phenoxy) is 2. The molecule has 2 amide bonds. The van der Waals surface area contributed by atoms with E-state index in [4.69, 9.17) is 32.7 Å². The molecule has 2 rings (SSSR count). The minimum atomic E-state index is -0.360. The van der Waals surface area contributed by atoms with Gasteiger partial charge in [-0.1, -0.05) is 41.4 Å². The molecule has 0 saturated heterocycles. The molecular weight excluding hydrogens is 363 g/mol. The van der Waals surface area contributed by atoms with E-state index in [1.54, 1.807) is 37.4 Å². The Morgan fingerprint density at radius 3 is 2.52 bits per heavy atom. The van der Waals surface area contributed by atoms with Gasteiger partial charge in [-0.25, -0.2) is 4.79 Å². The second-order valence-electron chi connectivity index (χ2n) is 5.33. The number of nitrogens with one attached hydrogen (secondary N) is 2. The Hall–Kier alpha value is -1.95. The van der Waals surface area contributed by atoms with Crippen molar-refractivity contribution in [1.82, 2.24) is 5.32 Å². The maximum atomic E-state index is 12.3. The van der Waals surface area contributed by atoms with Crippen molar-refractivity contribution in [1.29, 1.82) is 0 Å². The normalized spacial score (nSPS) is 11.7. The van der Waals surface area contributed by atoms with E-state index in [1.165, 1.54) is 0 Å². The number of anilines is 1. The van der Waals surface area contributed by atoms with Crippen LogP contribution >= 0.6 is 23.2 Å². The van der Waals surface area contributed by atoms with E-state index in [2.05, 4.69) is 10.6 Å². The van der Waals surface area contributed by atoms with Crippen LogP contribution in [0.2, 0.25) is 10.0 Å². The first kappa shape index (κ1) is 19.4. The number of para-hydroxylation sites is 1. The van der Waals surface area contributed by atoms with Gasteiger partial charge in [0.05, 0.1) is 23.4 Å². The van der Waals surface area contributed by atoms with Gasteiger partial charge in [-0.2, -0.15) is 0 Å². The molecule has 0 aliphatic rings. The van der Waals surface area contributed by atoms with Crippen molar-refractivity contribution in [3.63, 3.8) is 0 Å². The van der Waals surface area contributed by atoms with E-state index in [9.17, 15) is 4.79 Å². The lowest BCUT2D eigenvalue weighted by atomic mass is 10.1. The number of hydrogen-bond acceptors (Lipinski definition) is 3. The number of halogens is 2. The molecule has 2 aromatic rings. The largest absolute Gasteiger partial charge is 0.487 e. The van der Waals surface area contributed by atoms with Gasteiger partial charge in [0.25, 0.3) is 0 Å². The van der Waals surface area contributed by atoms with Crippen LogP contribution < -0.4 is 15.4 Å². The fourth-order valence-electron chi connectivity index (χ4n) is 2.17. The Labute approximate surface area is 157 Å². The Bertz CT molecular complexity index is 708. The number of carbonyl (C=O) groups excluding carboxylic acids is 1. The van der Waals surface area contributed by atoms with Crippen LogP contribution in [0.15, 0.2) is 42.5 Å². The molecule has 134 valence electrons. The van der Waals surface area contributed by atoms with Crippen molar-refractivity contribution in [2.45, 2.75) is 13.0 Å². The number of benzene rings is 2. The summed E-state index contributed by atoms with van der Waals surface area (Å²) < 4.78 is 10.6. The predicted molar refractivity (Wildman–Crippen MR) is 101 cm³/mol. The third-order valence-corrected chi connectivity index (χ3v) is 4.02. The number of methoxy groups -OCH3 is 1. The van der Waals surface area contributed by atoms with Gasteiger partial charge in [0, 0.05) is 12.1 Å². The number of carbonyl (C=O) groups is 1. The van der Waals surface area contributed by atoms with Crippen LogP contribution in [0, 0.1) is 0 Å². The molecule has 0 fully saturated rings. The highest BCUT2D eigenvalue weighted by atomic mass is 35.5. The quantitative estimate of drug-likeness (QED) is 0.669. The fourth-order valence-corrected chi connectivity index (χ4v) is 2.53. The Morgan fingerprint density at radius 2 is 1.84 bits per heavy atom. The summed E-state index contributed by atoms with van der Waals surface area (Å²) in [6.45, 7) is 2.64. The summed E-state index contributed by atoms with van der Waals surface area (Å²) in [5.74, 6) is 0.413. The van der Waals surface area contributed by atoms with Crippen molar-refractivity contribution in [2.24, 2.45) is 0 Å². The van der Waals surface area contributed by atoms with Crippen LogP contribution in [-0.4, -0.2) is 26.4 Å². The van der Waals surface area contributed by atoms with Crippen molar-refractivity contribution < 1.29 is 14.3 Å².